The molecule has 1 aliphatic carbocycles. The number of nitrogens with zero attached hydrogens (tertiary/aromatic N) is 1. The Balaban J connectivity index is 2.63. The second kappa shape index (κ2) is 4.24. The molecule has 1 aliphatic rings. The molecule has 0 atom stereocenters. The zero-order valence-corrected chi connectivity index (χ0v) is 10.1. The third-order valence-corrected chi connectivity index (χ3v) is 3.23. The zero-order chi connectivity index (χ0) is 11.7. The summed E-state index contributed by atoms with van der Waals surface area (Å²) in [4.78, 5) is 15.4. The number of carbonyl (C=O) groups excluding carboxylic acids is 1. The Morgan fingerprint density at radius 2 is 2.12 bits per heavy atom. The van der Waals surface area contributed by atoms with Crippen LogP contribution in [0.1, 0.15) is 48.7 Å². The highest BCUT2D eigenvalue weighted by molar-refractivity contribution is 5.77. The van der Waals surface area contributed by atoms with Gasteiger partial charge in [0, 0.05) is 11.4 Å². The van der Waals surface area contributed by atoms with E-state index in [0.29, 0.717) is 5.92 Å². The molecule has 0 aliphatic heterocycles. The van der Waals surface area contributed by atoms with E-state index >= 15 is 0 Å². The molecular formula is C13H18N2O. The minimum atomic E-state index is 0.390. The molecule has 0 unspecified atom stereocenters. The molecule has 1 amide bonds. The number of hydrogen-bond donors (Lipinski definition) is 1. The summed E-state index contributed by atoms with van der Waals surface area (Å²) >= 11 is 0. The number of hydrogen-bond acceptors (Lipinski definition) is 2. The lowest BCUT2D eigenvalue weighted by molar-refractivity contribution is -0.105. The highest BCUT2D eigenvalue weighted by atomic mass is 16.1. The molecule has 2 rings (SSSR count). The standard InChI is InChI=1S/C13H18N2O/c1-8(2)12-9(3)15-11-6-4-5-10(11)13(12)14-7-16/h7-8H,4-6H2,1-3H3,(H,14,15,16). The van der Waals surface area contributed by atoms with Crippen LogP contribution in [0.15, 0.2) is 0 Å². The maximum Gasteiger partial charge on any atom is 0.211 e. The fraction of sp³-hybridized carbons (Fsp3) is 0.538. The van der Waals surface area contributed by atoms with Crippen molar-refractivity contribution in [2.45, 2.75) is 46.0 Å². The van der Waals surface area contributed by atoms with Crippen molar-refractivity contribution in [2.75, 3.05) is 5.32 Å². The predicted molar refractivity (Wildman–Crippen MR) is 64.8 cm³/mol. The molecule has 1 aromatic heterocycles. The highest BCUT2D eigenvalue weighted by Gasteiger charge is 2.22. The van der Waals surface area contributed by atoms with E-state index in [1.165, 1.54) is 16.8 Å². The third-order valence-electron chi connectivity index (χ3n) is 3.23. The van der Waals surface area contributed by atoms with E-state index in [1.807, 2.05) is 6.92 Å². The molecule has 1 heterocycles. The molecule has 0 radical (unpaired) electrons. The minimum absolute atomic E-state index is 0.390. The van der Waals surface area contributed by atoms with Crippen LogP contribution >= 0.6 is 0 Å². The summed E-state index contributed by atoms with van der Waals surface area (Å²) in [6.45, 7) is 6.31. The molecule has 3 heteroatoms. The monoisotopic (exact) mass is 218 g/mol. The van der Waals surface area contributed by atoms with Crippen molar-refractivity contribution in [3.63, 3.8) is 0 Å². The van der Waals surface area contributed by atoms with Crippen molar-refractivity contribution < 1.29 is 4.79 Å². The Labute approximate surface area is 96.3 Å². The van der Waals surface area contributed by atoms with E-state index in [4.69, 9.17) is 0 Å². The van der Waals surface area contributed by atoms with Gasteiger partial charge in [-0.1, -0.05) is 13.8 Å². The van der Waals surface area contributed by atoms with Gasteiger partial charge in [-0.2, -0.15) is 0 Å². The van der Waals surface area contributed by atoms with Crippen LogP contribution in [-0.4, -0.2) is 11.4 Å². The van der Waals surface area contributed by atoms with Gasteiger partial charge in [-0.05, 0) is 43.2 Å². The number of rotatable bonds is 3. The van der Waals surface area contributed by atoms with Gasteiger partial charge in [-0.25, -0.2) is 0 Å². The predicted octanol–water partition coefficient (Wildman–Crippen LogP) is 2.57. The van der Waals surface area contributed by atoms with Crippen LogP contribution in [0.3, 0.4) is 0 Å². The second-order valence-electron chi connectivity index (χ2n) is 4.68. The number of nitrogens with one attached hydrogen (secondary N) is 1. The molecule has 0 spiro atoms. The smallest absolute Gasteiger partial charge is 0.211 e. The lowest BCUT2D eigenvalue weighted by atomic mass is 9.96. The van der Waals surface area contributed by atoms with Gasteiger partial charge in [-0.15, -0.1) is 0 Å². The quantitative estimate of drug-likeness (QED) is 0.792. The van der Waals surface area contributed by atoms with E-state index in [0.717, 1.165) is 37.1 Å². The molecule has 0 saturated carbocycles. The number of amides is 1. The average Bonchev–Trinajstić information content (AvgIpc) is 2.64. The summed E-state index contributed by atoms with van der Waals surface area (Å²) in [6, 6.07) is 0. The normalized spacial score (nSPS) is 14.0. The third kappa shape index (κ3) is 1.70. The SMILES string of the molecule is Cc1nc2c(c(NC=O)c1C(C)C)CCC2. The fourth-order valence-electron chi connectivity index (χ4n) is 2.66. The zero-order valence-electron chi connectivity index (χ0n) is 10.1. The molecule has 0 saturated heterocycles. The van der Waals surface area contributed by atoms with E-state index in [2.05, 4.69) is 24.1 Å². The van der Waals surface area contributed by atoms with Crippen LogP contribution in [0.25, 0.3) is 0 Å². The Kier molecular flexibility index (Phi) is 2.95. The summed E-state index contributed by atoms with van der Waals surface area (Å²) in [5, 5.41) is 2.88. The highest BCUT2D eigenvalue weighted by Crippen LogP contribution is 2.35. The first-order valence-corrected chi connectivity index (χ1v) is 5.87. The first-order valence-electron chi connectivity index (χ1n) is 5.87. The van der Waals surface area contributed by atoms with E-state index < -0.39 is 0 Å². The average molecular weight is 218 g/mol. The molecule has 0 aromatic carbocycles. The number of anilines is 1. The number of carbonyl (C=O) groups is 1. The Morgan fingerprint density at radius 3 is 2.75 bits per heavy atom. The van der Waals surface area contributed by atoms with Gasteiger partial charge >= 0.3 is 0 Å². The maximum absolute atomic E-state index is 10.7. The van der Waals surface area contributed by atoms with Gasteiger partial charge < -0.3 is 5.32 Å². The number of aryl methyl sites for hydroxylation is 2. The van der Waals surface area contributed by atoms with Gasteiger partial charge in [0.2, 0.25) is 6.41 Å². The molecule has 86 valence electrons. The van der Waals surface area contributed by atoms with E-state index in [-0.39, 0.29) is 0 Å². The van der Waals surface area contributed by atoms with Crippen LogP contribution in [0, 0.1) is 6.92 Å². The summed E-state index contributed by atoms with van der Waals surface area (Å²) in [7, 11) is 0. The molecule has 0 bridgehead atoms. The largest absolute Gasteiger partial charge is 0.328 e. The van der Waals surface area contributed by atoms with Crippen LogP contribution in [0.2, 0.25) is 0 Å². The summed E-state index contributed by atoms with van der Waals surface area (Å²) < 4.78 is 0. The van der Waals surface area contributed by atoms with Gasteiger partial charge in [-0.3, -0.25) is 9.78 Å². The van der Waals surface area contributed by atoms with Crippen LogP contribution in [0.5, 0.6) is 0 Å². The summed E-state index contributed by atoms with van der Waals surface area (Å²) in [5.74, 6) is 0.390. The van der Waals surface area contributed by atoms with Gasteiger partial charge in [0.1, 0.15) is 0 Å². The maximum atomic E-state index is 10.7. The number of fused-ring (bicyclic) bond motifs is 1. The van der Waals surface area contributed by atoms with Crippen molar-refractivity contribution in [3.8, 4) is 0 Å². The van der Waals surface area contributed by atoms with Gasteiger partial charge in [0.15, 0.2) is 0 Å². The fourth-order valence-corrected chi connectivity index (χ4v) is 2.66. The topological polar surface area (TPSA) is 42.0 Å². The van der Waals surface area contributed by atoms with Crippen LogP contribution < -0.4 is 5.32 Å². The number of pyridine rings is 1. The summed E-state index contributed by atoms with van der Waals surface area (Å²) in [6.07, 6.45) is 4.01. The van der Waals surface area contributed by atoms with Gasteiger partial charge in [0.25, 0.3) is 0 Å². The van der Waals surface area contributed by atoms with Gasteiger partial charge in [0.05, 0.1) is 5.69 Å². The molecule has 1 aromatic rings. The first kappa shape index (κ1) is 11.1. The minimum Gasteiger partial charge on any atom is -0.328 e. The molecule has 16 heavy (non-hydrogen) atoms. The molecule has 0 fully saturated rings. The first-order chi connectivity index (χ1) is 7.65. The molecular weight excluding hydrogens is 200 g/mol. The lowest BCUT2D eigenvalue weighted by Gasteiger charge is -2.18. The van der Waals surface area contributed by atoms with Crippen molar-refractivity contribution in [3.05, 3.63) is 22.5 Å². The van der Waals surface area contributed by atoms with Crippen molar-refractivity contribution in [1.82, 2.24) is 4.98 Å². The van der Waals surface area contributed by atoms with Crippen molar-refractivity contribution in [2.24, 2.45) is 0 Å². The van der Waals surface area contributed by atoms with Crippen molar-refractivity contribution in [1.29, 1.82) is 0 Å². The van der Waals surface area contributed by atoms with Crippen LogP contribution in [0.4, 0.5) is 5.69 Å². The van der Waals surface area contributed by atoms with Crippen molar-refractivity contribution >= 4 is 12.1 Å². The Hall–Kier alpha value is -1.38. The summed E-state index contributed by atoms with van der Waals surface area (Å²) in [5.41, 5.74) is 5.69. The van der Waals surface area contributed by atoms with E-state index in [1.54, 1.807) is 0 Å². The lowest BCUT2D eigenvalue weighted by Crippen LogP contribution is -2.09. The van der Waals surface area contributed by atoms with Crippen LogP contribution in [-0.2, 0) is 17.6 Å². The Morgan fingerprint density at radius 1 is 1.38 bits per heavy atom. The number of aromatic nitrogens is 1. The second-order valence-corrected chi connectivity index (χ2v) is 4.68. The molecule has 1 N–H and O–H groups in total. The molecule has 3 nitrogen and oxygen atoms in total. The Bertz CT molecular complexity index is 424. The van der Waals surface area contributed by atoms with E-state index in [9.17, 15) is 4.79 Å².